The second-order valence-corrected chi connectivity index (χ2v) is 8.05. The zero-order valence-electron chi connectivity index (χ0n) is 15.7. The summed E-state index contributed by atoms with van der Waals surface area (Å²) < 4.78 is 0. The Balaban J connectivity index is 1.70. The van der Waals surface area contributed by atoms with E-state index < -0.39 is 0 Å². The predicted octanol–water partition coefficient (Wildman–Crippen LogP) is 0.649. The van der Waals surface area contributed by atoms with Gasteiger partial charge < -0.3 is 14.7 Å². The zero-order chi connectivity index (χ0) is 18.0. The summed E-state index contributed by atoms with van der Waals surface area (Å²) in [5.74, 6) is 0.0758. The van der Waals surface area contributed by atoms with Crippen LogP contribution in [0, 0.1) is 5.92 Å². The van der Waals surface area contributed by atoms with Crippen molar-refractivity contribution >= 4 is 11.8 Å². The smallest absolute Gasteiger partial charge is 0.228 e. The Bertz CT molecular complexity index is 528. The Morgan fingerprint density at radius 1 is 1.24 bits per heavy atom. The van der Waals surface area contributed by atoms with Crippen LogP contribution >= 0.6 is 0 Å². The fourth-order valence-corrected chi connectivity index (χ4v) is 4.58. The van der Waals surface area contributed by atoms with Crippen molar-refractivity contribution in [3.8, 4) is 0 Å². The molecule has 6 nitrogen and oxygen atoms in total. The highest BCUT2D eigenvalue weighted by atomic mass is 16.2. The first kappa shape index (κ1) is 18.4. The molecule has 6 heteroatoms. The number of nitrogens with zero attached hydrogens (tertiary/aromatic N) is 4. The summed E-state index contributed by atoms with van der Waals surface area (Å²) in [6, 6.07) is 0. The number of amides is 2. The number of rotatable bonds is 3. The molecular weight excluding hydrogens is 316 g/mol. The number of likely N-dealkylation sites (tertiary alicyclic amines) is 2. The molecule has 0 bridgehead atoms. The van der Waals surface area contributed by atoms with Crippen LogP contribution in [0.4, 0.5) is 0 Å². The molecule has 1 atom stereocenters. The maximum absolute atomic E-state index is 13.1. The first-order valence-electron chi connectivity index (χ1n) is 9.52. The van der Waals surface area contributed by atoms with E-state index in [1.54, 1.807) is 11.0 Å². The van der Waals surface area contributed by atoms with Crippen LogP contribution < -0.4 is 0 Å². The van der Waals surface area contributed by atoms with Crippen molar-refractivity contribution in [1.82, 2.24) is 19.6 Å². The summed E-state index contributed by atoms with van der Waals surface area (Å²) in [6.07, 6.45) is 5.32. The van der Waals surface area contributed by atoms with Crippen LogP contribution in [0.3, 0.4) is 0 Å². The number of carbonyl (C=O) groups excluding carboxylic acids is 2. The number of carbonyl (C=O) groups is 2. The van der Waals surface area contributed by atoms with Gasteiger partial charge in [-0.05, 0) is 46.4 Å². The van der Waals surface area contributed by atoms with E-state index in [4.69, 9.17) is 0 Å². The molecule has 3 aliphatic heterocycles. The second-order valence-electron chi connectivity index (χ2n) is 8.05. The minimum atomic E-state index is -0.181. The van der Waals surface area contributed by atoms with Gasteiger partial charge in [-0.1, -0.05) is 6.08 Å². The van der Waals surface area contributed by atoms with Crippen molar-refractivity contribution in [1.29, 1.82) is 0 Å². The molecule has 3 heterocycles. The Kier molecular flexibility index (Phi) is 5.49. The minimum absolute atomic E-state index is 0.0826. The van der Waals surface area contributed by atoms with Crippen LogP contribution in [0.25, 0.3) is 0 Å². The van der Waals surface area contributed by atoms with Gasteiger partial charge in [0.15, 0.2) is 0 Å². The summed E-state index contributed by atoms with van der Waals surface area (Å²) >= 11 is 0. The van der Waals surface area contributed by atoms with E-state index in [0.29, 0.717) is 19.5 Å². The average molecular weight is 348 g/mol. The lowest BCUT2D eigenvalue weighted by Crippen LogP contribution is -2.58. The highest BCUT2D eigenvalue weighted by molar-refractivity contribution is 5.89. The van der Waals surface area contributed by atoms with Gasteiger partial charge in [0.1, 0.15) is 0 Å². The molecule has 0 aromatic carbocycles. The standard InChI is InChI=1S/C19H32N4O2/c1-4-8-22-14-16(13-17(22)24)18(25)23-10-5-9-21(3)19(15-23)6-11-20(2)12-7-19/h4,16H,1,5-15H2,2-3H3/t16-/m1/s1. The van der Waals surface area contributed by atoms with Gasteiger partial charge in [0.2, 0.25) is 11.8 Å². The van der Waals surface area contributed by atoms with Crippen molar-refractivity contribution in [2.75, 3.05) is 59.9 Å². The zero-order valence-corrected chi connectivity index (χ0v) is 15.7. The molecule has 140 valence electrons. The van der Waals surface area contributed by atoms with E-state index >= 15 is 0 Å². The van der Waals surface area contributed by atoms with E-state index in [1.165, 1.54) is 0 Å². The molecule has 25 heavy (non-hydrogen) atoms. The second kappa shape index (κ2) is 7.46. The summed E-state index contributed by atoms with van der Waals surface area (Å²) in [5, 5.41) is 0. The topological polar surface area (TPSA) is 47.1 Å². The van der Waals surface area contributed by atoms with Gasteiger partial charge >= 0.3 is 0 Å². The van der Waals surface area contributed by atoms with Crippen molar-refractivity contribution in [2.45, 2.75) is 31.2 Å². The molecule has 0 saturated carbocycles. The maximum atomic E-state index is 13.1. The van der Waals surface area contributed by atoms with E-state index in [0.717, 1.165) is 52.0 Å². The molecule has 0 N–H and O–H groups in total. The molecule has 0 aliphatic carbocycles. The van der Waals surface area contributed by atoms with Crippen LogP contribution in [-0.4, -0.2) is 96.9 Å². The number of hydrogen-bond acceptors (Lipinski definition) is 4. The quantitative estimate of drug-likeness (QED) is 0.703. The fraction of sp³-hybridized carbons (Fsp3) is 0.789. The Morgan fingerprint density at radius 2 is 1.96 bits per heavy atom. The van der Waals surface area contributed by atoms with Crippen molar-refractivity contribution in [3.05, 3.63) is 12.7 Å². The monoisotopic (exact) mass is 348 g/mol. The van der Waals surface area contributed by atoms with Crippen LogP contribution in [0.15, 0.2) is 12.7 Å². The highest BCUT2D eigenvalue weighted by Crippen LogP contribution is 2.32. The Hall–Kier alpha value is -1.40. The molecule has 1 spiro atoms. The molecule has 0 aromatic rings. The molecule has 3 rings (SSSR count). The summed E-state index contributed by atoms with van der Waals surface area (Å²) in [5.41, 5.74) is 0.0993. The average Bonchev–Trinajstić information content (AvgIpc) is 2.88. The maximum Gasteiger partial charge on any atom is 0.228 e. The lowest BCUT2D eigenvalue weighted by molar-refractivity contribution is -0.137. The fourth-order valence-electron chi connectivity index (χ4n) is 4.58. The lowest BCUT2D eigenvalue weighted by Gasteiger charge is -2.47. The van der Waals surface area contributed by atoms with Crippen LogP contribution in [0.1, 0.15) is 25.7 Å². The van der Waals surface area contributed by atoms with Gasteiger partial charge in [-0.3, -0.25) is 14.5 Å². The van der Waals surface area contributed by atoms with E-state index in [9.17, 15) is 9.59 Å². The van der Waals surface area contributed by atoms with Gasteiger partial charge in [0.25, 0.3) is 0 Å². The van der Waals surface area contributed by atoms with Crippen molar-refractivity contribution in [3.63, 3.8) is 0 Å². The number of piperidine rings is 1. The van der Waals surface area contributed by atoms with Crippen molar-refractivity contribution in [2.24, 2.45) is 5.92 Å². The Labute approximate surface area is 151 Å². The normalized spacial score (nSPS) is 28.4. The Morgan fingerprint density at radius 3 is 2.64 bits per heavy atom. The molecule has 0 unspecified atom stereocenters. The first-order chi connectivity index (χ1) is 11.9. The third kappa shape index (κ3) is 3.75. The molecule has 2 amide bonds. The van der Waals surface area contributed by atoms with Gasteiger partial charge in [-0.25, -0.2) is 0 Å². The molecule has 3 saturated heterocycles. The lowest BCUT2D eigenvalue weighted by atomic mass is 9.85. The minimum Gasteiger partial charge on any atom is -0.340 e. The number of likely N-dealkylation sites (N-methyl/N-ethyl adjacent to an activating group) is 1. The SMILES string of the molecule is C=CCN1C[C@H](C(=O)N2CCCN(C)C3(CCN(C)CC3)C2)CC1=O. The first-order valence-corrected chi connectivity index (χ1v) is 9.52. The van der Waals surface area contributed by atoms with Crippen LogP contribution in [-0.2, 0) is 9.59 Å². The third-order valence-corrected chi connectivity index (χ3v) is 6.36. The predicted molar refractivity (Wildman–Crippen MR) is 98.2 cm³/mol. The van der Waals surface area contributed by atoms with E-state index in [1.807, 2.05) is 0 Å². The third-order valence-electron chi connectivity index (χ3n) is 6.36. The molecule has 0 aromatic heterocycles. The van der Waals surface area contributed by atoms with Gasteiger partial charge in [0, 0.05) is 44.7 Å². The van der Waals surface area contributed by atoms with E-state index in [2.05, 4.69) is 35.4 Å². The number of hydrogen-bond donors (Lipinski definition) is 0. The van der Waals surface area contributed by atoms with Crippen LogP contribution in [0.2, 0.25) is 0 Å². The summed E-state index contributed by atoms with van der Waals surface area (Å²) in [6.45, 7) is 9.63. The van der Waals surface area contributed by atoms with Crippen LogP contribution in [0.5, 0.6) is 0 Å². The van der Waals surface area contributed by atoms with E-state index in [-0.39, 0.29) is 23.3 Å². The van der Waals surface area contributed by atoms with Crippen molar-refractivity contribution < 1.29 is 9.59 Å². The molecule has 3 fully saturated rings. The van der Waals surface area contributed by atoms with Gasteiger partial charge in [-0.2, -0.15) is 0 Å². The van der Waals surface area contributed by atoms with Gasteiger partial charge in [0.05, 0.1) is 5.92 Å². The molecule has 3 aliphatic rings. The largest absolute Gasteiger partial charge is 0.340 e. The molecule has 0 radical (unpaired) electrons. The van der Waals surface area contributed by atoms with Gasteiger partial charge in [-0.15, -0.1) is 6.58 Å². The highest BCUT2D eigenvalue weighted by Gasteiger charge is 2.43. The molecular formula is C19H32N4O2. The summed E-state index contributed by atoms with van der Waals surface area (Å²) in [4.78, 5) is 33.9. The summed E-state index contributed by atoms with van der Waals surface area (Å²) in [7, 11) is 4.38.